The lowest BCUT2D eigenvalue weighted by Crippen LogP contribution is -2.37. The van der Waals surface area contributed by atoms with Gasteiger partial charge in [-0.15, -0.1) is 10.2 Å². The normalized spacial score (nSPS) is 21.7. The Kier molecular flexibility index (Phi) is 3.61. The Morgan fingerprint density at radius 1 is 1.33 bits per heavy atom. The molecule has 2 heterocycles. The van der Waals surface area contributed by atoms with Crippen molar-refractivity contribution in [2.24, 2.45) is 13.0 Å². The Balaban J connectivity index is 1.59. The molecule has 1 aliphatic carbocycles. The molecule has 1 aromatic rings. The van der Waals surface area contributed by atoms with E-state index in [1.807, 2.05) is 11.6 Å². The first-order valence-corrected chi connectivity index (χ1v) is 7.10. The predicted molar refractivity (Wildman–Crippen MR) is 70.0 cm³/mol. The molecule has 1 saturated carbocycles. The fourth-order valence-corrected chi connectivity index (χ4v) is 2.81. The summed E-state index contributed by atoms with van der Waals surface area (Å²) in [5, 5.41) is 11.6. The van der Waals surface area contributed by atoms with Crippen molar-refractivity contribution in [3.63, 3.8) is 0 Å². The zero-order valence-corrected chi connectivity index (χ0v) is 11.2. The van der Waals surface area contributed by atoms with Crippen LogP contribution in [-0.4, -0.2) is 45.3 Å². The summed E-state index contributed by atoms with van der Waals surface area (Å²) in [5.74, 6) is 1.95. The minimum atomic E-state index is 0.802. The van der Waals surface area contributed by atoms with E-state index in [9.17, 15) is 0 Å². The zero-order valence-electron chi connectivity index (χ0n) is 11.2. The lowest BCUT2D eigenvalue weighted by atomic mass is 9.97. The fraction of sp³-hybridized carbons (Fsp3) is 0.846. The van der Waals surface area contributed by atoms with E-state index in [-0.39, 0.29) is 0 Å². The number of hydrogen-bond acceptors (Lipinski definition) is 4. The minimum absolute atomic E-state index is 0.802. The van der Waals surface area contributed by atoms with Gasteiger partial charge in [0.15, 0.2) is 0 Å². The van der Waals surface area contributed by atoms with Crippen molar-refractivity contribution in [1.82, 2.24) is 25.0 Å². The fourth-order valence-electron chi connectivity index (χ4n) is 2.81. The number of aromatic nitrogens is 3. The van der Waals surface area contributed by atoms with Gasteiger partial charge in [-0.2, -0.15) is 0 Å². The largest absolute Gasteiger partial charge is 0.320 e. The SMILES string of the molecule is Cn1cnnc1CN(CC1CCNCC1)C1CC1. The summed E-state index contributed by atoms with van der Waals surface area (Å²) < 4.78 is 2.04. The molecule has 18 heavy (non-hydrogen) atoms. The third-order valence-electron chi connectivity index (χ3n) is 4.16. The van der Waals surface area contributed by atoms with Crippen LogP contribution >= 0.6 is 0 Å². The van der Waals surface area contributed by atoms with Crippen LogP contribution in [-0.2, 0) is 13.6 Å². The molecule has 0 radical (unpaired) electrons. The van der Waals surface area contributed by atoms with Crippen LogP contribution in [0.4, 0.5) is 0 Å². The number of nitrogens with zero attached hydrogens (tertiary/aromatic N) is 4. The Morgan fingerprint density at radius 3 is 2.72 bits per heavy atom. The topological polar surface area (TPSA) is 46.0 Å². The van der Waals surface area contributed by atoms with Gasteiger partial charge in [-0.25, -0.2) is 0 Å². The van der Waals surface area contributed by atoms with Gasteiger partial charge in [0.05, 0.1) is 6.54 Å². The monoisotopic (exact) mass is 249 g/mol. The average molecular weight is 249 g/mol. The van der Waals surface area contributed by atoms with Gasteiger partial charge in [-0.05, 0) is 44.7 Å². The van der Waals surface area contributed by atoms with Crippen LogP contribution < -0.4 is 5.32 Å². The molecule has 1 saturated heterocycles. The van der Waals surface area contributed by atoms with Crippen molar-refractivity contribution in [2.45, 2.75) is 38.3 Å². The van der Waals surface area contributed by atoms with E-state index in [0.29, 0.717) is 0 Å². The van der Waals surface area contributed by atoms with Gasteiger partial charge in [0, 0.05) is 19.6 Å². The second-order valence-electron chi connectivity index (χ2n) is 5.71. The Bertz CT molecular complexity index is 378. The maximum absolute atomic E-state index is 4.22. The summed E-state index contributed by atoms with van der Waals surface area (Å²) in [7, 11) is 2.03. The van der Waals surface area contributed by atoms with Gasteiger partial charge in [-0.3, -0.25) is 4.90 Å². The van der Waals surface area contributed by atoms with Crippen molar-refractivity contribution in [2.75, 3.05) is 19.6 Å². The van der Waals surface area contributed by atoms with Crippen LogP contribution in [0.5, 0.6) is 0 Å². The molecule has 5 heteroatoms. The van der Waals surface area contributed by atoms with Crippen LogP contribution in [0.2, 0.25) is 0 Å². The average Bonchev–Trinajstić information content (AvgIpc) is 3.16. The molecule has 0 amide bonds. The van der Waals surface area contributed by atoms with Crippen LogP contribution in [0.25, 0.3) is 0 Å². The summed E-state index contributed by atoms with van der Waals surface area (Å²) in [6.07, 6.45) is 7.17. The summed E-state index contributed by atoms with van der Waals surface area (Å²) in [4.78, 5) is 2.62. The molecule has 3 rings (SSSR count). The van der Waals surface area contributed by atoms with Crippen LogP contribution in [0.15, 0.2) is 6.33 Å². The predicted octanol–water partition coefficient (Wildman–Crippen LogP) is 0.779. The van der Waals surface area contributed by atoms with E-state index in [1.165, 1.54) is 45.3 Å². The highest BCUT2D eigenvalue weighted by atomic mass is 15.3. The van der Waals surface area contributed by atoms with Crippen molar-refractivity contribution < 1.29 is 0 Å². The first kappa shape index (κ1) is 12.1. The second kappa shape index (κ2) is 5.36. The summed E-state index contributed by atoms with van der Waals surface area (Å²) in [6, 6.07) is 0.802. The van der Waals surface area contributed by atoms with E-state index < -0.39 is 0 Å². The molecule has 0 aromatic carbocycles. The van der Waals surface area contributed by atoms with Crippen molar-refractivity contribution in [3.05, 3.63) is 12.2 Å². The number of piperidine rings is 1. The highest BCUT2D eigenvalue weighted by Gasteiger charge is 2.31. The van der Waals surface area contributed by atoms with E-state index >= 15 is 0 Å². The maximum atomic E-state index is 4.22. The number of rotatable bonds is 5. The molecule has 1 N–H and O–H groups in total. The first-order chi connectivity index (χ1) is 8.83. The molecule has 0 bridgehead atoms. The second-order valence-corrected chi connectivity index (χ2v) is 5.71. The maximum Gasteiger partial charge on any atom is 0.146 e. The van der Waals surface area contributed by atoms with Gasteiger partial charge < -0.3 is 9.88 Å². The lowest BCUT2D eigenvalue weighted by molar-refractivity contribution is 0.185. The summed E-state index contributed by atoms with van der Waals surface area (Å²) in [6.45, 7) is 4.57. The minimum Gasteiger partial charge on any atom is -0.320 e. The van der Waals surface area contributed by atoms with Crippen molar-refractivity contribution in [3.8, 4) is 0 Å². The number of hydrogen-bond donors (Lipinski definition) is 1. The molecule has 5 nitrogen and oxygen atoms in total. The van der Waals surface area contributed by atoms with Gasteiger partial charge in [0.25, 0.3) is 0 Å². The molecule has 2 fully saturated rings. The first-order valence-electron chi connectivity index (χ1n) is 7.10. The molecule has 0 unspecified atom stereocenters. The van der Waals surface area contributed by atoms with Crippen LogP contribution in [0.3, 0.4) is 0 Å². The van der Waals surface area contributed by atoms with E-state index in [1.54, 1.807) is 6.33 Å². The molecular formula is C13H23N5. The van der Waals surface area contributed by atoms with Crippen LogP contribution in [0.1, 0.15) is 31.5 Å². The number of nitrogens with one attached hydrogen (secondary N) is 1. The van der Waals surface area contributed by atoms with E-state index in [4.69, 9.17) is 0 Å². The molecule has 0 atom stereocenters. The molecule has 100 valence electrons. The van der Waals surface area contributed by atoms with E-state index in [2.05, 4.69) is 20.4 Å². The van der Waals surface area contributed by atoms with Gasteiger partial charge in [-0.1, -0.05) is 0 Å². The molecular weight excluding hydrogens is 226 g/mol. The van der Waals surface area contributed by atoms with Gasteiger partial charge in [0.2, 0.25) is 0 Å². The molecule has 1 aromatic heterocycles. The summed E-state index contributed by atoms with van der Waals surface area (Å²) in [5.41, 5.74) is 0. The highest BCUT2D eigenvalue weighted by molar-refractivity contribution is 4.92. The summed E-state index contributed by atoms with van der Waals surface area (Å²) >= 11 is 0. The molecule has 2 aliphatic rings. The Hall–Kier alpha value is -0.940. The van der Waals surface area contributed by atoms with Crippen molar-refractivity contribution in [1.29, 1.82) is 0 Å². The third kappa shape index (κ3) is 2.90. The standard InChI is InChI=1S/C13H23N5/c1-17-10-15-16-13(17)9-18(12-2-3-12)8-11-4-6-14-7-5-11/h10-12,14H,2-9H2,1H3. The van der Waals surface area contributed by atoms with Crippen molar-refractivity contribution >= 4 is 0 Å². The number of aryl methyl sites for hydroxylation is 1. The zero-order chi connectivity index (χ0) is 12.4. The lowest BCUT2D eigenvalue weighted by Gasteiger charge is -2.29. The molecule has 0 spiro atoms. The Morgan fingerprint density at radius 2 is 2.11 bits per heavy atom. The van der Waals surface area contributed by atoms with Gasteiger partial charge in [0.1, 0.15) is 12.2 Å². The molecule has 1 aliphatic heterocycles. The third-order valence-corrected chi connectivity index (χ3v) is 4.16. The Labute approximate surface area is 109 Å². The van der Waals surface area contributed by atoms with Gasteiger partial charge >= 0.3 is 0 Å². The van der Waals surface area contributed by atoms with E-state index in [0.717, 1.165) is 24.3 Å². The smallest absolute Gasteiger partial charge is 0.146 e. The quantitative estimate of drug-likeness (QED) is 0.837. The van der Waals surface area contributed by atoms with Crippen LogP contribution in [0, 0.1) is 5.92 Å². The highest BCUT2D eigenvalue weighted by Crippen LogP contribution is 2.29.